The number of likely N-dealkylation sites (tertiary alicyclic amines) is 1. The van der Waals surface area contributed by atoms with Gasteiger partial charge in [-0.15, -0.1) is 5.10 Å². The van der Waals surface area contributed by atoms with Crippen LogP contribution in [0.1, 0.15) is 12.8 Å². The lowest BCUT2D eigenvalue weighted by Gasteiger charge is -2.26. The molecule has 1 fully saturated rings. The molecule has 0 radical (unpaired) electrons. The Hall–Kier alpha value is -1.02. The van der Waals surface area contributed by atoms with Crippen LogP contribution in [0.3, 0.4) is 0 Å². The molecule has 2 atom stereocenters. The molecule has 22 heavy (non-hydrogen) atoms. The predicted octanol–water partition coefficient (Wildman–Crippen LogP) is 1.38. The number of nitrogens with one attached hydrogen (secondary N) is 1. The van der Waals surface area contributed by atoms with E-state index < -0.39 is 0 Å². The van der Waals surface area contributed by atoms with Gasteiger partial charge in [-0.2, -0.15) is 4.68 Å². The van der Waals surface area contributed by atoms with Crippen LogP contribution in [0.4, 0.5) is 0 Å². The third-order valence-corrected chi connectivity index (χ3v) is 5.07. The molecule has 0 spiro atoms. The van der Waals surface area contributed by atoms with E-state index in [1.807, 2.05) is 40.6 Å². The summed E-state index contributed by atoms with van der Waals surface area (Å²) in [5, 5.41) is 14.5. The maximum absolute atomic E-state index is 9.81. The molecule has 7 heteroatoms. The average molecular weight is 384 g/mol. The Bertz CT molecular complexity index is 727. The molecule has 1 saturated heterocycles. The topological polar surface area (TPSA) is 47.4 Å². The van der Waals surface area contributed by atoms with Crippen molar-refractivity contribution in [3.05, 3.63) is 33.5 Å². The van der Waals surface area contributed by atoms with Gasteiger partial charge in [-0.3, -0.25) is 0 Å². The van der Waals surface area contributed by atoms with E-state index in [-0.39, 0.29) is 6.10 Å². The van der Waals surface area contributed by atoms with Gasteiger partial charge in [-0.1, -0.05) is 28.1 Å². The van der Waals surface area contributed by atoms with Crippen LogP contribution in [0.5, 0.6) is 0 Å². The number of halogens is 1. The van der Waals surface area contributed by atoms with E-state index in [1.54, 1.807) is 0 Å². The van der Waals surface area contributed by atoms with E-state index in [2.05, 4.69) is 15.9 Å². The number of hydrogen-bond donors (Lipinski definition) is 2. The number of nitrogens with zero attached hydrogens (tertiary/aromatic N) is 3. The molecule has 1 aliphatic rings. The molecule has 3 rings (SSSR count). The number of benzene rings is 1. The van der Waals surface area contributed by atoms with Crippen LogP contribution in [0.15, 0.2) is 28.7 Å². The highest BCUT2D eigenvalue weighted by molar-refractivity contribution is 9.10. The minimum absolute atomic E-state index is 0.203. The smallest absolute Gasteiger partial charge is 0.202 e. The van der Waals surface area contributed by atoms with Gasteiger partial charge in [0.05, 0.1) is 6.54 Å². The second-order valence-electron chi connectivity index (χ2n) is 5.83. The summed E-state index contributed by atoms with van der Waals surface area (Å²) in [6.07, 6.45) is 1.75. The lowest BCUT2D eigenvalue weighted by molar-refractivity contribution is -0.931. The van der Waals surface area contributed by atoms with Gasteiger partial charge < -0.3 is 14.6 Å². The van der Waals surface area contributed by atoms with Crippen molar-refractivity contribution in [2.75, 3.05) is 13.1 Å². The zero-order chi connectivity index (χ0) is 15.7. The molecule has 0 aliphatic carbocycles. The summed E-state index contributed by atoms with van der Waals surface area (Å²) >= 11 is 9.01. The molecule has 0 amide bonds. The van der Waals surface area contributed by atoms with Crippen LogP contribution in [-0.2, 0) is 13.7 Å². The third-order valence-electron chi connectivity index (χ3n) is 4.09. The van der Waals surface area contributed by atoms with Crippen LogP contribution >= 0.6 is 28.1 Å². The molecule has 2 aromatic rings. The van der Waals surface area contributed by atoms with Crippen LogP contribution in [0.2, 0.25) is 0 Å². The van der Waals surface area contributed by atoms with Crippen LogP contribution in [0, 0.1) is 4.77 Å². The number of aromatic nitrogens is 3. The second-order valence-corrected chi connectivity index (χ2v) is 7.11. The Morgan fingerprint density at radius 1 is 1.50 bits per heavy atom. The molecule has 1 aliphatic heterocycles. The first-order valence-corrected chi connectivity index (χ1v) is 8.66. The number of piperidine rings is 1. The molecular weight excluding hydrogens is 364 g/mol. The summed E-state index contributed by atoms with van der Waals surface area (Å²) in [5.41, 5.74) is 1.04. The summed E-state index contributed by atoms with van der Waals surface area (Å²) in [6, 6.07) is 8.06. The number of hydrogen-bond acceptors (Lipinski definition) is 3. The van der Waals surface area contributed by atoms with E-state index in [1.165, 1.54) is 4.90 Å². The van der Waals surface area contributed by atoms with Crippen molar-refractivity contribution in [1.29, 1.82) is 0 Å². The van der Waals surface area contributed by atoms with Crippen molar-refractivity contribution < 1.29 is 10.0 Å². The predicted molar refractivity (Wildman–Crippen MR) is 91.1 cm³/mol. The average Bonchev–Trinajstić information content (AvgIpc) is 2.76. The van der Waals surface area contributed by atoms with Crippen LogP contribution in [0.25, 0.3) is 11.4 Å². The van der Waals surface area contributed by atoms with Gasteiger partial charge in [0.2, 0.25) is 4.77 Å². The van der Waals surface area contributed by atoms with Crippen molar-refractivity contribution in [2.24, 2.45) is 7.05 Å². The highest BCUT2D eigenvalue weighted by Gasteiger charge is 2.22. The second kappa shape index (κ2) is 6.62. The van der Waals surface area contributed by atoms with Crippen molar-refractivity contribution in [1.82, 2.24) is 14.3 Å². The number of rotatable bonds is 3. The van der Waals surface area contributed by atoms with E-state index >= 15 is 0 Å². The van der Waals surface area contributed by atoms with Crippen molar-refractivity contribution in [3.63, 3.8) is 0 Å². The van der Waals surface area contributed by atoms with Gasteiger partial charge in [0.1, 0.15) is 12.6 Å². The number of quaternary nitrogens is 1. The van der Waals surface area contributed by atoms with Gasteiger partial charge in [0.15, 0.2) is 12.5 Å². The van der Waals surface area contributed by atoms with Gasteiger partial charge >= 0.3 is 0 Å². The van der Waals surface area contributed by atoms with Gasteiger partial charge in [-0.25, -0.2) is 0 Å². The maximum Gasteiger partial charge on any atom is 0.202 e. The zero-order valence-corrected chi connectivity index (χ0v) is 14.9. The molecule has 118 valence electrons. The van der Waals surface area contributed by atoms with Crippen molar-refractivity contribution >= 4 is 28.1 Å². The lowest BCUT2D eigenvalue weighted by Crippen LogP contribution is -3.13. The summed E-state index contributed by atoms with van der Waals surface area (Å²) in [6.45, 7) is 2.53. The van der Waals surface area contributed by atoms with Crippen molar-refractivity contribution in [2.45, 2.75) is 25.6 Å². The van der Waals surface area contributed by atoms with Gasteiger partial charge in [-0.05, 0) is 37.2 Å². The van der Waals surface area contributed by atoms with Crippen molar-refractivity contribution in [3.8, 4) is 11.4 Å². The number of aliphatic hydroxyl groups is 1. The fraction of sp³-hybridized carbons (Fsp3) is 0.467. The molecule has 1 aromatic carbocycles. The fourth-order valence-electron chi connectivity index (χ4n) is 2.95. The summed E-state index contributed by atoms with van der Waals surface area (Å²) in [7, 11) is 1.95. The van der Waals surface area contributed by atoms with E-state index in [0.717, 1.165) is 41.8 Å². The quantitative estimate of drug-likeness (QED) is 0.787. The Balaban J connectivity index is 1.88. The normalized spacial score (nSPS) is 22.0. The Labute approximate surface area is 143 Å². The zero-order valence-electron chi connectivity index (χ0n) is 12.5. The first-order chi connectivity index (χ1) is 10.5. The van der Waals surface area contributed by atoms with E-state index in [0.29, 0.717) is 11.4 Å². The first kappa shape index (κ1) is 15.9. The molecule has 0 bridgehead atoms. The lowest BCUT2D eigenvalue weighted by atomic mass is 10.1. The Kier molecular flexibility index (Phi) is 4.77. The molecule has 2 N–H and O–H groups in total. The first-order valence-electron chi connectivity index (χ1n) is 7.46. The van der Waals surface area contributed by atoms with E-state index in [9.17, 15) is 5.11 Å². The Morgan fingerprint density at radius 2 is 2.32 bits per heavy atom. The molecule has 2 heterocycles. The monoisotopic (exact) mass is 383 g/mol. The van der Waals surface area contributed by atoms with Gasteiger partial charge in [0, 0.05) is 17.1 Å². The third kappa shape index (κ3) is 3.32. The SMILES string of the molecule is Cn1c(-c2cccc(Br)c2)nn(C[NH+]2CCC[C@H](O)C2)c1=S. The highest BCUT2D eigenvalue weighted by Crippen LogP contribution is 2.21. The summed E-state index contributed by atoms with van der Waals surface area (Å²) < 4.78 is 5.55. The largest absolute Gasteiger partial charge is 0.387 e. The van der Waals surface area contributed by atoms with Gasteiger partial charge in [0.25, 0.3) is 0 Å². The molecule has 1 aromatic heterocycles. The van der Waals surface area contributed by atoms with E-state index in [4.69, 9.17) is 17.3 Å². The minimum Gasteiger partial charge on any atom is -0.387 e. The highest BCUT2D eigenvalue weighted by atomic mass is 79.9. The minimum atomic E-state index is -0.203. The number of aliphatic hydroxyl groups excluding tert-OH is 1. The summed E-state index contributed by atoms with van der Waals surface area (Å²) in [4.78, 5) is 1.33. The van der Waals surface area contributed by atoms with Crippen LogP contribution in [-0.4, -0.2) is 38.6 Å². The standard InChI is InChI=1S/C15H19BrN4OS/c1-18-14(11-4-2-5-12(16)8-11)17-20(15(18)22)10-19-7-3-6-13(21)9-19/h2,4-5,8,13,21H,3,6-7,9-10H2,1H3/p+1/t13-/m0/s1. The molecular formula is C15H20BrN4OS+. The molecule has 5 nitrogen and oxygen atoms in total. The maximum atomic E-state index is 9.81. The summed E-state index contributed by atoms with van der Waals surface area (Å²) in [5.74, 6) is 0.864. The van der Waals surface area contributed by atoms with Crippen LogP contribution < -0.4 is 4.90 Å². The fourth-order valence-corrected chi connectivity index (χ4v) is 3.54. The Morgan fingerprint density at radius 3 is 3.05 bits per heavy atom. The molecule has 1 unspecified atom stereocenters. The molecule has 0 saturated carbocycles.